The lowest BCUT2D eigenvalue weighted by atomic mass is 9.92. The van der Waals surface area contributed by atoms with Crippen LogP contribution in [0.1, 0.15) is 32.6 Å². The van der Waals surface area contributed by atoms with Crippen LogP contribution < -0.4 is 10.1 Å². The molecule has 3 atom stereocenters. The van der Waals surface area contributed by atoms with Gasteiger partial charge in [-0.15, -0.1) is 5.10 Å². The number of benzene rings is 1. The fourth-order valence-corrected chi connectivity index (χ4v) is 3.78. The van der Waals surface area contributed by atoms with E-state index in [1.54, 1.807) is 35.4 Å². The summed E-state index contributed by atoms with van der Waals surface area (Å²) in [6.45, 7) is 2.07. The van der Waals surface area contributed by atoms with Crippen molar-refractivity contribution in [2.24, 2.45) is 0 Å². The summed E-state index contributed by atoms with van der Waals surface area (Å²) in [7, 11) is 1.88. The molecule has 1 aliphatic rings. The first-order valence-electron chi connectivity index (χ1n) is 9.98. The van der Waals surface area contributed by atoms with Gasteiger partial charge in [0.1, 0.15) is 23.7 Å². The molecule has 8 nitrogen and oxygen atoms in total. The molecule has 0 radical (unpaired) electrons. The summed E-state index contributed by atoms with van der Waals surface area (Å²) in [5.41, 5.74) is 1.46. The third-order valence-electron chi connectivity index (χ3n) is 5.72. The maximum absolute atomic E-state index is 14.6. The molecule has 158 valence electrons. The highest BCUT2D eigenvalue weighted by atomic mass is 19.1. The second-order valence-corrected chi connectivity index (χ2v) is 7.88. The Labute approximate surface area is 174 Å². The molecule has 0 bridgehead atoms. The van der Waals surface area contributed by atoms with Crippen molar-refractivity contribution in [2.75, 3.05) is 7.05 Å². The fourth-order valence-electron chi connectivity index (χ4n) is 3.78. The average molecular weight is 412 g/mol. The first-order chi connectivity index (χ1) is 14.5. The third-order valence-corrected chi connectivity index (χ3v) is 5.72. The zero-order valence-electron chi connectivity index (χ0n) is 17.0. The van der Waals surface area contributed by atoms with Crippen LogP contribution in [-0.4, -0.2) is 54.7 Å². The molecule has 3 aromatic rings. The van der Waals surface area contributed by atoms with Gasteiger partial charge in [-0.1, -0.05) is 5.10 Å². The molecular weight excluding hydrogens is 387 g/mol. The number of alkyl halides is 1. The molecule has 1 aromatic carbocycles. The minimum absolute atomic E-state index is 0.0290. The summed E-state index contributed by atoms with van der Waals surface area (Å²) >= 11 is 0. The predicted molar refractivity (Wildman–Crippen MR) is 109 cm³/mol. The van der Waals surface area contributed by atoms with Crippen LogP contribution in [0.4, 0.5) is 4.39 Å². The Hall–Kier alpha value is -3.07. The zero-order chi connectivity index (χ0) is 21.1. The largest absolute Gasteiger partial charge is 0.507 e. The lowest BCUT2D eigenvalue weighted by Gasteiger charge is -2.30. The molecule has 1 unspecified atom stereocenters. The van der Waals surface area contributed by atoms with Gasteiger partial charge < -0.3 is 19.7 Å². The van der Waals surface area contributed by atoms with E-state index in [-0.39, 0.29) is 17.3 Å². The van der Waals surface area contributed by atoms with Crippen molar-refractivity contribution >= 4 is 0 Å². The smallest absolute Gasteiger partial charge is 0.336 e. The quantitative estimate of drug-likeness (QED) is 0.622. The first kappa shape index (κ1) is 20.2. The van der Waals surface area contributed by atoms with E-state index in [9.17, 15) is 9.50 Å². The third kappa shape index (κ3) is 4.25. The molecule has 1 saturated carbocycles. The van der Waals surface area contributed by atoms with E-state index in [2.05, 4.69) is 32.4 Å². The standard InChI is InChI=1S/C21H25FN6O2/c1-21(23-2)7-3-4-16(22)19(11-21)30-20-25-12-17(26-27-20)15-6-5-14(10-18(15)29)28-9-8-24-13-28/h5-6,8-10,12-13,16,19,23,29H,3-4,7,11H2,1-2H3/t16?,19-,21-/m0/s1. The summed E-state index contributed by atoms with van der Waals surface area (Å²) in [6.07, 6.45) is 7.49. The Balaban J connectivity index is 1.50. The van der Waals surface area contributed by atoms with E-state index in [1.807, 2.05) is 13.1 Å². The van der Waals surface area contributed by atoms with E-state index >= 15 is 0 Å². The molecule has 1 fully saturated rings. The van der Waals surface area contributed by atoms with Gasteiger partial charge in [0.2, 0.25) is 0 Å². The molecular formula is C21H25FN6O2. The number of nitrogens with zero attached hydrogens (tertiary/aromatic N) is 5. The van der Waals surface area contributed by atoms with Gasteiger partial charge in [0.05, 0.1) is 18.2 Å². The fraction of sp³-hybridized carbons (Fsp3) is 0.429. The number of rotatable bonds is 5. The van der Waals surface area contributed by atoms with Crippen molar-refractivity contribution in [3.8, 4) is 28.7 Å². The van der Waals surface area contributed by atoms with Crippen LogP contribution in [0.15, 0.2) is 43.1 Å². The summed E-state index contributed by atoms with van der Waals surface area (Å²) in [6, 6.07) is 5.21. The van der Waals surface area contributed by atoms with Gasteiger partial charge in [-0.3, -0.25) is 0 Å². The van der Waals surface area contributed by atoms with E-state index in [0.29, 0.717) is 24.1 Å². The maximum atomic E-state index is 14.6. The lowest BCUT2D eigenvalue weighted by Crippen LogP contribution is -2.44. The molecule has 2 heterocycles. The summed E-state index contributed by atoms with van der Waals surface area (Å²) in [5, 5.41) is 21.8. The summed E-state index contributed by atoms with van der Waals surface area (Å²) in [4.78, 5) is 8.19. The second-order valence-electron chi connectivity index (χ2n) is 7.88. The van der Waals surface area contributed by atoms with Gasteiger partial charge in [-0.05, 0) is 45.4 Å². The van der Waals surface area contributed by atoms with Crippen LogP contribution in [0.2, 0.25) is 0 Å². The van der Waals surface area contributed by atoms with Crippen molar-refractivity contribution in [1.82, 2.24) is 30.0 Å². The number of imidazole rings is 1. The number of hydrogen-bond acceptors (Lipinski definition) is 7. The highest BCUT2D eigenvalue weighted by Gasteiger charge is 2.36. The highest BCUT2D eigenvalue weighted by Crippen LogP contribution is 2.32. The molecule has 9 heteroatoms. The monoisotopic (exact) mass is 412 g/mol. The Kier molecular flexibility index (Phi) is 5.63. The Morgan fingerprint density at radius 1 is 1.33 bits per heavy atom. The highest BCUT2D eigenvalue weighted by molar-refractivity contribution is 5.67. The SMILES string of the molecule is CN[C@@]1(C)CCCC(F)[C@@H](Oc2ncc(-c3ccc(-n4ccnc4)cc3O)nn2)C1. The molecule has 2 N–H and O–H groups in total. The van der Waals surface area contributed by atoms with E-state index in [1.165, 1.54) is 6.20 Å². The molecule has 4 rings (SSSR count). The minimum Gasteiger partial charge on any atom is -0.507 e. The van der Waals surface area contributed by atoms with Crippen LogP contribution in [0, 0.1) is 0 Å². The van der Waals surface area contributed by atoms with Crippen molar-refractivity contribution in [3.05, 3.63) is 43.1 Å². The molecule has 30 heavy (non-hydrogen) atoms. The predicted octanol–water partition coefficient (Wildman–Crippen LogP) is 3.07. The lowest BCUT2D eigenvalue weighted by molar-refractivity contribution is 0.0686. The number of phenolic OH excluding ortho intramolecular Hbond substituents is 1. The van der Waals surface area contributed by atoms with E-state index in [4.69, 9.17) is 4.74 Å². The minimum atomic E-state index is -1.08. The van der Waals surface area contributed by atoms with Gasteiger partial charge in [-0.2, -0.15) is 0 Å². The van der Waals surface area contributed by atoms with Gasteiger partial charge >= 0.3 is 6.01 Å². The summed E-state index contributed by atoms with van der Waals surface area (Å²) in [5.74, 6) is 0.0448. The zero-order valence-corrected chi connectivity index (χ0v) is 17.0. The number of nitrogens with one attached hydrogen (secondary N) is 1. The Morgan fingerprint density at radius 2 is 2.20 bits per heavy atom. The van der Waals surface area contributed by atoms with Crippen LogP contribution in [0.5, 0.6) is 11.8 Å². The number of aromatic hydroxyl groups is 1. The second kappa shape index (κ2) is 8.35. The molecule has 0 spiro atoms. The van der Waals surface area contributed by atoms with Gasteiger partial charge in [0, 0.05) is 36.0 Å². The number of halogens is 1. The number of aromatic nitrogens is 5. The van der Waals surface area contributed by atoms with Gasteiger partial charge in [-0.25, -0.2) is 14.4 Å². The molecule has 0 saturated heterocycles. The summed E-state index contributed by atoms with van der Waals surface area (Å²) < 4.78 is 22.1. The number of ether oxygens (including phenoxy) is 1. The average Bonchev–Trinajstić information content (AvgIpc) is 3.24. The maximum Gasteiger partial charge on any atom is 0.336 e. The van der Waals surface area contributed by atoms with Crippen LogP contribution in [-0.2, 0) is 0 Å². The van der Waals surface area contributed by atoms with Gasteiger partial charge in [0.15, 0.2) is 0 Å². The van der Waals surface area contributed by atoms with E-state index in [0.717, 1.165) is 18.5 Å². The normalized spacial score (nSPS) is 24.4. The number of phenols is 1. The van der Waals surface area contributed by atoms with Crippen molar-refractivity contribution < 1.29 is 14.2 Å². The first-order valence-corrected chi connectivity index (χ1v) is 9.98. The van der Waals surface area contributed by atoms with Crippen LogP contribution in [0.3, 0.4) is 0 Å². The Morgan fingerprint density at radius 3 is 2.87 bits per heavy atom. The van der Waals surface area contributed by atoms with Crippen molar-refractivity contribution in [3.63, 3.8) is 0 Å². The van der Waals surface area contributed by atoms with Crippen molar-refractivity contribution in [1.29, 1.82) is 0 Å². The molecule has 2 aromatic heterocycles. The van der Waals surface area contributed by atoms with Crippen LogP contribution in [0.25, 0.3) is 16.9 Å². The molecule has 1 aliphatic carbocycles. The number of hydrogen-bond donors (Lipinski definition) is 2. The van der Waals surface area contributed by atoms with E-state index < -0.39 is 12.3 Å². The van der Waals surface area contributed by atoms with Gasteiger partial charge in [0.25, 0.3) is 0 Å². The van der Waals surface area contributed by atoms with Crippen LogP contribution >= 0.6 is 0 Å². The topological polar surface area (TPSA) is 98.0 Å². The Bertz CT molecular complexity index is 982. The molecule has 0 aliphatic heterocycles. The molecule has 0 amide bonds. The van der Waals surface area contributed by atoms with Crippen molar-refractivity contribution in [2.45, 2.75) is 50.4 Å².